The summed E-state index contributed by atoms with van der Waals surface area (Å²) in [7, 11) is 0. The largest absolute Gasteiger partial charge is 0.487 e. The molecule has 4 aromatic carbocycles. The molecule has 9 rings (SSSR count). The number of hydrogen-bond donors (Lipinski definition) is 2. The van der Waals surface area contributed by atoms with E-state index in [4.69, 9.17) is 14.2 Å². The summed E-state index contributed by atoms with van der Waals surface area (Å²) in [5.74, 6) is 1.02. The van der Waals surface area contributed by atoms with Gasteiger partial charge in [0.25, 0.3) is 5.91 Å². The molecule has 2 aliphatic carbocycles. The number of para-hydroxylation sites is 1. The van der Waals surface area contributed by atoms with Crippen LogP contribution in [0.5, 0.6) is 5.75 Å². The number of carbonyl (C=O) groups is 2. The molecule has 1 aromatic heterocycles. The number of aromatic amines is 1. The summed E-state index contributed by atoms with van der Waals surface area (Å²) in [6.45, 7) is 1.57. The molecule has 1 unspecified atom stereocenters. The molecule has 0 radical (unpaired) electrons. The maximum atomic E-state index is 14.4. The Balaban J connectivity index is 1.13. The first-order valence-corrected chi connectivity index (χ1v) is 16.7. The molecule has 1 amide bonds. The number of H-pyrrole nitrogens is 1. The Morgan fingerprint density at radius 3 is 2.06 bits per heavy atom. The molecule has 4 aliphatic rings. The number of carbonyl (C=O) groups excluding carboxylic acids is 2. The fraction of sp³-hybridized carbons (Fsp3) is 0.143. The summed E-state index contributed by atoms with van der Waals surface area (Å²) < 4.78 is 18.8. The van der Waals surface area contributed by atoms with Crippen molar-refractivity contribution >= 4 is 28.2 Å². The monoisotopic (exact) mass is 659 g/mol. The van der Waals surface area contributed by atoms with Crippen LogP contribution in [0, 0.1) is 0 Å². The highest BCUT2D eigenvalue weighted by Crippen LogP contribution is 2.53. The van der Waals surface area contributed by atoms with Gasteiger partial charge in [-0.3, -0.25) is 9.59 Å². The molecule has 8 nitrogen and oxygen atoms in total. The molecular formula is C42H33N3O5. The van der Waals surface area contributed by atoms with Crippen LogP contribution in [0.1, 0.15) is 34.0 Å². The maximum absolute atomic E-state index is 14.4. The second kappa shape index (κ2) is 12.4. The number of ketones is 1. The average Bonchev–Trinajstić information content (AvgIpc) is 3.84. The number of fused-ring (bicyclic) bond motifs is 8. The topological polar surface area (TPSA) is 92.9 Å². The van der Waals surface area contributed by atoms with Crippen LogP contribution in [-0.2, 0) is 38.9 Å². The number of nitrogens with zero attached hydrogens (tertiary/aromatic N) is 1. The van der Waals surface area contributed by atoms with Crippen molar-refractivity contribution in [1.82, 2.24) is 15.2 Å². The molecule has 1 atom stereocenters. The van der Waals surface area contributed by atoms with Crippen molar-refractivity contribution in [3.63, 3.8) is 0 Å². The van der Waals surface area contributed by atoms with Crippen LogP contribution in [0.15, 0.2) is 150 Å². The first-order chi connectivity index (χ1) is 24.6. The van der Waals surface area contributed by atoms with Gasteiger partial charge in [-0.25, -0.2) is 0 Å². The molecule has 0 fully saturated rings. The summed E-state index contributed by atoms with van der Waals surface area (Å²) in [6, 6.07) is 35.4. The SMILES string of the molecule is O=C1C=CC(OCc2ccccc2)=C2NC3C(=C12)C1=C(C(=O)N(COCc2ccccc2)C1)c1c3[nH]c2c(OCc3ccccc3)cccc12. The normalized spacial score (nSPS) is 17.6. The van der Waals surface area contributed by atoms with Gasteiger partial charge in [0.1, 0.15) is 31.5 Å². The van der Waals surface area contributed by atoms with E-state index in [1.54, 1.807) is 17.1 Å². The number of aromatic nitrogens is 1. The quantitative estimate of drug-likeness (QED) is 0.167. The lowest BCUT2D eigenvalue weighted by Crippen LogP contribution is -2.29. The number of nitrogens with one attached hydrogen (secondary N) is 2. The lowest BCUT2D eigenvalue weighted by molar-refractivity contribution is -0.129. The van der Waals surface area contributed by atoms with Crippen LogP contribution in [0.4, 0.5) is 0 Å². The highest BCUT2D eigenvalue weighted by molar-refractivity contribution is 6.28. The van der Waals surface area contributed by atoms with Gasteiger partial charge >= 0.3 is 0 Å². The minimum atomic E-state index is -0.403. The summed E-state index contributed by atoms with van der Waals surface area (Å²) in [5, 5.41) is 4.54. The van der Waals surface area contributed by atoms with Crippen LogP contribution >= 0.6 is 0 Å². The van der Waals surface area contributed by atoms with Crippen LogP contribution < -0.4 is 10.1 Å². The number of rotatable bonds is 10. The van der Waals surface area contributed by atoms with E-state index in [-0.39, 0.29) is 18.4 Å². The minimum Gasteiger partial charge on any atom is -0.487 e. The van der Waals surface area contributed by atoms with E-state index < -0.39 is 6.04 Å². The summed E-state index contributed by atoms with van der Waals surface area (Å²) in [4.78, 5) is 33.5. The Morgan fingerprint density at radius 1 is 0.700 bits per heavy atom. The summed E-state index contributed by atoms with van der Waals surface area (Å²) in [6.07, 6.45) is 3.29. The van der Waals surface area contributed by atoms with Crippen molar-refractivity contribution in [2.45, 2.75) is 25.9 Å². The summed E-state index contributed by atoms with van der Waals surface area (Å²) in [5.41, 5.74) is 8.94. The van der Waals surface area contributed by atoms with Crippen molar-refractivity contribution in [2.75, 3.05) is 13.3 Å². The Hall–Kier alpha value is -6.12. The van der Waals surface area contributed by atoms with Gasteiger partial charge in [0.05, 0.1) is 40.7 Å². The maximum Gasteiger partial charge on any atom is 0.257 e. The fourth-order valence-corrected chi connectivity index (χ4v) is 7.34. The Kier molecular flexibility index (Phi) is 7.43. The van der Waals surface area contributed by atoms with E-state index >= 15 is 0 Å². The predicted molar refractivity (Wildman–Crippen MR) is 189 cm³/mol. The molecule has 0 saturated heterocycles. The van der Waals surface area contributed by atoms with Gasteiger partial charge in [-0.1, -0.05) is 103 Å². The van der Waals surface area contributed by atoms with E-state index in [9.17, 15) is 9.59 Å². The molecule has 50 heavy (non-hydrogen) atoms. The van der Waals surface area contributed by atoms with Crippen LogP contribution in [0.25, 0.3) is 16.5 Å². The molecule has 2 aliphatic heterocycles. The van der Waals surface area contributed by atoms with Crippen molar-refractivity contribution in [1.29, 1.82) is 0 Å². The van der Waals surface area contributed by atoms with E-state index in [1.165, 1.54) is 0 Å². The number of amides is 1. The zero-order valence-electron chi connectivity index (χ0n) is 27.1. The molecule has 5 aromatic rings. The lowest BCUT2D eigenvalue weighted by atomic mass is 9.81. The molecular weight excluding hydrogens is 626 g/mol. The van der Waals surface area contributed by atoms with Crippen molar-refractivity contribution in [2.24, 2.45) is 0 Å². The number of benzene rings is 4. The van der Waals surface area contributed by atoms with E-state index in [2.05, 4.69) is 10.3 Å². The first kappa shape index (κ1) is 30.0. The zero-order valence-corrected chi connectivity index (χ0v) is 27.1. The molecule has 0 saturated carbocycles. The average molecular weight is 660 g/mol. The predicted octanol–water partition coefficient (Wildman–Crippen LogP) is 7.04. The van der Waals surface area contributed by atoms with Gasteiger partial charge in [-0.2, -0.15) is 0 Å². The third-order valence-electron chi connectivity index (χ3n) is 9.65. The van der Waals surface area contributed by atoms with Crippen LogP contribution in [0.3, 0.4) is 0 Å². The summed E-state index contributed by atoms with van der Waals surface area (Å²) >= 11 is 0. The third kappa shape index (κ3) is 5.12. The Morgan fingerprint density at radius 2 is 1.36 bits per heavy atom. The van der Waals surface area contributed by atoms with Gasteiger partial charge < -0.3 is 29.4 Å². The van der Waals surface area contributed by atoms with Crippen LogP contribution in [-0.4, -0.2) is 34.8 Å². The van der Waals surface area contributed by atoms with Gasteiger partial charge in [0, 0.05) is 17.5 Å². The zero-order chi connectivity index (χ0) is 33.6. The van der Waals surface area contributed by atoms with E-state index in [0.29, 0.717) is 54.7 Å². The number of allylic oxidation sites excluding steroid dienone is 3. The van der Waals surface area contributed by atoms with Gasteiger partial charge in [0.2, 0.25) is 0 Å². The molecule has 246 valence electrons. The lowest BCUT2D eigenvalue weighted by Gasteiger charge is -2.23. The second-order valence-corrected chi connectivity index (χ2v) is 12.8. The Labute approximate surface area is 289 Å². The number of ether oxygens (including phenoxy) is 3. The molecule has 3 heterocycles. The van der Waals surface area contributed by atoms with Gasteiger partial charge in [0.15, 0.2) is 5.78 Å². The molecule has 2 N–H and O–H groups in total. The minimum absolute atomic E-state index is 0.118. The highest BCUT2D eigenvalue weighted by Gasteiger charge is 2.49. The fourth-order valence-electron chi connectivity index (χ4n) is 7.34. The van der Waals surface area contributed by atoms with Crippen molar-refractivity contribution in [3.05, 3.63) is 177 Å². The van der Waals surface area contributed by atoms with E-state index in [1.807, 2.05) is 109 Å². The smallest absolute Gasteiger partial charge is 0.257 e. The van der Waals surface area contributed by atoms with Gasteiger partial charge in [-0.15, -0.1) is 0 Å². The molecule has 8 heteroatoms. The van der Waals surface area contributed by atoms with E-state index in [0.717, 1.165) is 50.0 Å². The van der Waals surface area contributed by atoms with Crippen LogP contribution in [0.2, 0.25) is 0 Å². The van der Waals surface area contributed by atoms with Crippen molar-refractivity contribution in [3.8, 4) is 5.75 Å². The highest BCUT2D eigenvalue weighted by atomic mass is 16.5. The van der Waals surface area contributed by atoms with Crippen molar-refractivity contribution < 1.29 is 23.8 Å². The molecule has 0 bridgehead atoms. The van der Waals surface area contributed by atoms with Gasteiger partial charge in [-0.05, 0) is 46.1 Å². The molecule has 0 spiro atoms. The standard InChI is InChI=1S/C42H33N3O5/c46-31-19-20-33(50-24-28-15-8-3-9-16-28)39-37(31)35-30-21-45(25-48-22-26-11-4-1-5-12-26)42(47)36(30)34-29-17-10-18-32(38(29)43-40(34)41(35)44-39)49-23-27-13-6-2-7-14-27/h1-20,41,43-44H,21-25H2. The number of hydrogen-bond acceptors (Lipinski definition) is 6. The Bertz CT molecular complexity index is 2280. The third-order valence-corrected chi connectivity index (χ3v) is 9.65. The second-order valence-electron chi connectivity index (χ2n) is 12.8. The first-order valence-electron chi connectivity index (χ1n) is 16.7.